The number of hydrogen-bond donors (Lipinski definition) is 3. The van der Waals surface area contributed by atoms with Crippen LogP contribution in [-0.4, -0.2) is 47.4 Å². The van der Waals surface area contributed by atoms with Gasteiger partial charge in [-0.25, -0.2) is 0 Å². The fraction of sp³-hybridized carbons (Fsp3) is 0.920. The standard InChI is InChI=1S/C50H97NO5/c1-3-5-7-9-11-13-15-17-18-19-21-23-28-32-36-40-44-50(55)56-45-41-37-33-29-25-24-27-31-35-39-43-49(54)51-47(46-52)48(53)42-38-34-30-26-22-20-16-14-12-10-8-6-4-2/h25,29,47-48,52-53H,3-24,26-28,30-46H2,1-2H3,(H,51,54)/b29-25-. The average Bonchev–Trinajstić information content (AvgIpc) is 3.20. The van der Waals surface area contributed by atoms with E-state index in [4.69, 9.17) is 4.74 Å². The number of carbonyl (C=O) groups excluding carboxylic acids is 2. The second-order valence-electron chi connectivity index (χ2n) is 17.1. The molecule has 3 N–H and O–H groups in total. The smallest absolute Gasteiger partial charge is 0.305 e. The van der Waals surface area contributed by atoms with Crippen molar-refractivity contribution in [3.8, 4) is 0 Å². The first kappa shape index (κ1) is 54.6. The molecule has 0 aliphatic carbocycles. The van der Waals surface area contributed by atoms with Crippen LogP contribution in [-0.2, 0) is 14.3 Å². The van der Waals surface area contributed by atoms with E-state index in [2.05, 4.69) is 31.3 Å². The SMILES string of the molecule is CCCCCCCCCCCCCCCCCCC(=O)OCCCC/C=C\CCCCCCC(=O)NC(CO)C(O)CCCCCCCCCCCCCCC. The minimum atomic E-state index is -0.683. The van der Waals surface area contributed by atoms with E-state index in [1.807, 2.05) is 0 Å². The molecule has 0 aromatic carbocycles. The molecule has 0 aromatic rings. The van der Waals surface area contributed by atoms with Crippen molar-refractivity contribution in [2.45, 2.75) is 283 Å². The third-order valence-corrected chi connectivity index (χ3v) is 11.6. The third-order valence-electron chi connectivity index (χ3n) is 11.6. The Kier molecular flexibility index (Phi) is 45.1. The molecule has 2 unspecified atom stereocenters. The molecule has 0 aliphatic heterocycles. The van der Waals surface area contributed by atoms with Gasteiger partial charge in [-0.2, -0.15) is 0 Å². The minimum Gasteiger partial charge on any atom is -0.466 e. The first-order valence-corrected chi connectivity index (χ1v) is 24.9. The minimum absolute atomic E-state index is 0.0330. The van der Waals surface area contributed by atoms with Gasteiger partial charge in [-0.05, 0) is 51.4 Å². The van der Waals surface area contributed by atoms with Crippen molar-refractivity contribution in [3.05, 3.63) is 12.2 Å². The number of aliphatic hydroxyl groups is 2. The van der Waals surface area contributed by atoms with Crippen molar-refractivity contribution in [2.24, 2.45) is 0 Å². The molecule has 332 valence electrons. The van der Waals surface area contributed by atoms with Gasteiger partial charge in [0, 0.05) is 12.8 Å². The molecule has 2 atom stereocenters. The zero-order valence-electron chi connectivity index (χ0n) is 37.6. The van der Waals surface area contributed by atoms with Crippen molar-refractivity contribution in [2.75, 3.05) is 13.2 Å². The number of carbonyl (C=O) groups is 2. The molecule has 0 saturated carbocycles. The maximum absolute atomic E-state index is 12.4. The lowest BCUT2D eigenvalue weighted by atomic mass is 10.0. The third kappa shape index (κ3) is 42.2. The quantitative estimate of drug-likeness (QED) is 0.0324. The van der Waals surface area contributed by atoms with E-state index in [0.717, 1.165) is 77.0 Å². The van der Waals surface area contributed by atoms with Gasteiger partial charge in [0.25, 0.3) is 0 Å². The molecule has 6 heteroatoms. The number of amides is 1. The van der Waals surface area contributed by atoms with Crippen LogP contribution in [0.2, 0.25) is 0 Å². The summed E-state index contributed by atoms with van der Waals surface area (Å²) >= 11 is 0. The van der Waals surface area contributed by atoms with Crippen LogP contribution in [0.1, 0.15) is 271 Å². The molecule has 0 spiro atoms. The molecule has 0 bridgehead atoms. The maximum atomic E-state index is 12.4. The Bertz CT molecular complexity index is 832. The molecule has 0 aromatic heterocycles. The normalized spacial score (nSPS) is 12.7. The van der Waals surface area contributed by atoms with Crippen LogP contribution in [0.15, 0.2) is 12.2 Å². The molecular formula is C50H97NO5. The molecule has 0 aliphatic rings. The number of unbranched alkanes of at least 4 members (excludes halogenated alkanes) is 33. The zero-order chi connectivity index (χ0) is 40.8. The van der Waals surface area contributed by atoms with Gasteiger partial charge in [0.15, 0.2) is 0 Å². The summed E-state index contributed by atoms with van der Waals surface area (Å²) in [6.07, 6.45) is 51.8. The lowest BCUT2D eigenvalue weighted by Crippen LogP contribution is -2.45. The van der Waals surface area contributed by atoms with Gasteiger partial charge in [-0.15, -0.1) is 0 Å². The fourth-order valence-electron chi connectivity index (χ4n) is 7.69. The Hall–Kier alpha value is -1.40. The molecule has 0 rings (SSSR count). The molecular weight excluding hydrogens is 695 g/mol. The molecule has 0 saturated heterocycles. The van der Waals surface area contributed by atoms with Crippen LogP contribution < -0.4 is 5.32 Å². The van der Waals surface area contributed by atoms with E-state index in [-0.39, 0.29) is 18.5 Å². The van der Waals surface area contributed by atoms with Gasteiger partial charge in [-0.1, -0.05) is 219 Å². The van der Waals surface area contributed by atoms with Crippen LogP contribution in [0.4, 0.5) is 0 Å². The van der Waals surface area contributed by atoms with Crippen LogP contribution in [0.5, 0.6) is 0 Å². The highest BCUT2D eigenvalue weighted by molar-refractivity contribution is 5.76. The Morgan fingerprint density at radius 1 is 0.482 bits per heavy atom. The fourth-order valence-corrected chi connectivity index (χ4v) is 7.69. The number of allylic oxidation sites excluding steroid dienone is 2. The Labute approximate surface area is 349 Å². The van der Waals surface area contributed by atoms with Gasteiger partial charge < -0.3 is 20.3 Å². The van der Waals surface area contributed by atoms with Crippen molar-refractivity contribution in [3.63, 3.8) is 0 Å². The van der Waals surface area contributed by atoms with Crippen LogP contribution in [0.3, 0.4) is 0 Å². The zero-order valence-corrected chi connectivity index (χ0v) is 37.6. The summed E-state index contributed by atoms with van der Waals surface area (Å²) in [4.78, 5) is 24.4. The van der Waals surface area contributed by atoms with Gasteiger partial charge in [0.05, 0.1) is 25.4 Å². The summed E-state index contributed by atoms with van der Waals surface area (Å²) < 4.78 is 5.44. The van der Waals surface area contributed by atoms with Crippen molar-refractivity contribution >= 4 is 11.9 Å². The van der Waals surface area contributed by atoms with Crippen LogP contribution >= 0.6 is 0 Å². The summed E-state index contributed by atoms with van der Waals surface area (Å²) in [5.41, 5.74) is 0. The van der Waals surface area contributed by atoms with Gasteiger partial charge in [-0.3, -0.25) is 9.59 Å². The van der Waals surface area contributed by atoms with Gasteiger partial charge in [0.1, 0.15) is 0 Å². The second kappa shape index (κ2) is 46.3. The van der Waals surface area contributed by atoms with Crippen molar-refractivity contribution < 1.29 is 24.5 Å². The monoisotopic (exact) mass is 792 g/mol. The number of nitrogens with one attached hydrogen (secondary N) is 1. The Morgan fingerprint density at radius 2 is 0.839 bits per heavy atom. The maximum Gasteiger partial charge on any atom is 0.305 e. The number of ether oxygens (including phenoxy) is 1. The van der Waals surface area contributed by atoms with Crippen molar-refractivity contribution in [1.82, 2.24) is 5.32 Å². The first-order valence-electron chi connectivity index (χ1n) is 24.9. The summed E-state index contributed by atoms with van der Waals surface area (Å²) in [5.74, 6) is -0.103. The summed E-state index contributed by atoms with van der Waals surface area (Å²) in [6.45, 7) is 4.87. The number of esters is 1. The Balaban J connectivity index is 3.50. The molecule has 6 nitrogen and oxygen atoms in total. The highest BCUT2D eigenvalue weighted by atomic mass is 16.5. The van der Waals surface area contributed by atoms with Crippen LogP contribution in [0.25, 0.3) is 0 Å². The average molecular weight is 792 g/mol. The Morgan fingerprint density at radius 3 is 1.27 bits per heavy atom. The lowest BCUT2D eigenvalue weighted by Gasteiger charge is -2.22. The molecule has 0 radical (unpaired) electrons. The molecule has 0 heterocycles. The molecule has 1 amide bonds. The number of aliphatic hydroxyl groups excluding tert-OH is 2. The second-order valence-corrected chi connectivity index (χ2v) is 17.1. The lowest BCUT2D eigenvalue weighted by molar-refractivity contribution is -0.143. The predicted molar refractivity (Wildman–Crippen MR) is 241 cm³/mol. The molecule has 0 fully saturated rings. The summed E-state index contributed by atoms with van der Waals surface area (Å²) in [5, 5.41) is 23.1. The van der Waals surface area contributed by atoms with E-state index in [9.17, 15) is 19.8 Å². The highest BCUT2D eigenvalue weighted by Gasteiger charge is 2.20. The topological polar surface area (TPSA) is 95.9 Å². The predicted octanol–water partition coefficient (Wildman–Crippen LogP) is 14.6. The highest BCUT2D eigenvalue weighted by Crippen LogP contribution is 2.16. The van der Waals surface area contributed by atoms with E-state index < -0.39 is 12.1 Å². The summed E-state index contributed by atoms with van der Waals surface area (Å²) in [7, 11) is 0. The van der Waals surface area contributed by atoms with Crippen molar-refractivity contribution in [1.29, 1.82) is 0 Å². The van der Waals surface area contributed by atoms with E-state index in [0.29, 0.717) is 25.9 Å². The molecule has 56 heavy (non-hydrogen) atoms. The van der Waals surface area contributed by atoms with E-state index in [1.165, 1.54) is 161 Å². The van der Waals surface area contributed by atoms with Crippen LogP contribution in [0, 0.1) is 0 Å². The largest absolute Gasteiger partial charge is 0.466 e. The van der Waals surface area contributed by atoms with E-state index in [1.54, 1.807) is 0 Å². The number of hydrogen-bond acceptors (Lipinski definition) is 5. The van der Waals surface area contributed by atoms with Gasteiger partial charge in [0.2, 0.25) is 5.91 Å². The first-order chi connectivity index (χ1) is 27.5. The number of rotatable bonds is 46. The van der Waals surface area contributed by atoms with E-state index >= 15 is 0 Å². The summed E-state index contributed by atoms with van der Waals surface area (Å²) in [6, 6.07) is -0.564. The van der Waals surface area contributed by atoms with Gasteiger partial charge >= 0.3 is 5.97 Å².